The Balaban J connectivity index is 1.79. The van der Waals surface area contributed by atoms with Gasteiger partial charge in [-0.3, -0.25) is 4.90 Å². The molecule has 0 amide bonds. The summed E-state index contributed by atoms with van der Waals surface area (Å²) in [5, 5.41) is 5.25. The molecule has 2 unspecified atom stereocenters. The van der Waals surface area contributed by atoms with Crippen molar-refractivity contribution in [1.29, 1.82) is 0 Å². The molecule has 0 spiro atoms. The Kier molecular flexibility index (Phi) is 4.04. The molecule has 19 heavy (non-hydrogen) atoms. The number of rotatable bonds is 4. The minimum Gasteiger partial charge on any atom is -0.314 e. The Morgan fingerprint density at radius 2 is 2.05 bits per heavy atom. The van der Waals surface area contributed by atoms with Crippen molar-refractivity contribution in [2.24, 2.45) is 5.92 Å². The smallest absolute Gasteiger partial charge is 0.0455 e. The van der Waals surface area contributed by atoms with Crippen LogP contribution in [-0.2, 0) is 0 Å². The molecule has 1 heterocycles. The van der Waals surface area contributed by atoms with Gasteiger partial charge in [0.1, 0.15) is 0 Å². The van der Waals surface area contributed by atoms with Crippen LogP contribution in [0.2, 0.25) is 10.0 Å². The lowest BCUT2D eigenvalue weighted by atomic mass is 9.93. The van der Waals surface area contributed by atoms with E-state index in [4.69, 9.17) is 23.2 Å². The monoisotopic (exact) mass is 298 g/mol. The molecule has 1 aromatic carbocycles. The minimum atomic E-state index is 0.387. The number of hydrogen-bond donors (Lipinski definition) is 1. The van der Waals surface area contributed by atoms with Crippen LogP contribution in [0.15, 0.2) is 18.2 Å². The van der Waals surface area contributed by atoms with Crippen molar-refractivity contribution in [2.45, 2.75) is 31.3 Å². The first-order chi connectivity index (χ1) is 9.15. The van der Waals surface area contributed by atoms with Crippen molar-refractivity contribution in [2.75, 3.05) is 20.1 Å². The van der Waals surface area contributed by atoms with Crippen LogP contribution in [0.25, 0.3) is 0 Å². The van der Waals surface area contributed by atoms with Crippen LogP contribution in [0.1, 0.15) is 30.9 Å². The van der Waals surface area contributed by atoms with Crippen molar-refractivity contribution in [1.82, 2.24) is 10.2 Å². The van der Waals surface area contributed by atoms with Crippen LogP contribution in [0.3, 0.4) is 0 Å². The predicted octanol–water partition coefficient (Wildman–Crippen LogP) is 3.74. The summed E-state index contributed by atoms with van der Waals surface area (Å²) in [4.78, 5) is 2.40. The second kappa shape index (κ2) is 5.61. The lowest BCUT2D eigenvalue weighted by molar-refractivity contribution is 0.272. The molecule has 1 saturated carbocycles. The van der Waals surface area contributed by atoms with Gasteiger partial charge in [0.15, 0.2) is 0 Å². The number of halogens is 2. The van der Waals surface area contributed by atoms with Crippen molar-refractivity contribution in [3.8, 4) is 0 Å². The minimum absolute atomic E-state index is 0.387. The second-order valence-corrected chi connectivity index (χ2v) is 6.67. The van der Waals surface area contributed by atoms with Crippen LogP contribution < -0.4 is 5.32 Å². The number of likely N-dealkylation sites (tertiary alicyclic amines) is 1. The van der Waals surface area contributed by atoms with Gasteiger partial charge in [0, 0.05) is 28.7 Å². The van der Waals surface area contributed by atoms with Gasteiger partial charge in [-0.1, -0.05) is 23.2 Å². The van der Waals surface area contributed by atoms with E-state index in [0.717, 1.165) is 29.2 Å². The number of nitrogens with one attached hydrogen (secondary N) is 1. The third-order valence-electron chi connectivity index (χ3n) is 4.30. The first-order valence-electron chi connectivity index (χ1n) is 7.03. The van der Waals surface area contributed by atoms with Gasteiger partial charge in [0.25, 0.3) is 0 Å². The maximum Gasteiger partial charge on any atom is 0.0455 e. The molecule has 0 bridgehead atoms. The van der Waals surface area contributed by atoms with E-state index in [-0.39, 0.29) is 0 Å². The topological polar surface area (TPSA) is 15.3 Å². The summed E-state index contributed by atoms with van der Waals surface area (Å²) in [6.45, 7) is 2.22. The molecule has 0 aromatic heterocycles. The highest BCUT2D eigenvalue weighted by molar-refractivity contribution is 6.33. The average molecular weight is 299 g/mol. The highest BCUT2D eigenvalue weighted by Gasteiger charge is 2.35. The van der Waals surface area contributed by atoms with Gasteiger partial charge < -0.3 is 5.32 Å². The molecule has 1 aliphatic carbocycles. The number of benzene rings is 1. The molecule has 2 fully saturated rings. The van der Waals surface area contributed by atoms with Gasteiger partial charge in [-0.25, -0.2) is 0 Å². The zero-order valence-electron chi connectivity index (χ0n) is 11.2. The fourth-order valence-electron chi connectivity index (χ4n) is 3.08. The van der Waals surface area contributed by atoms with E-state index >= 15 is 0 Å². The van der Waals surface area contributed by atoms with Crippen LogP contribution in [0.4, 0.5) is 0 Å². The van der Waals surface area contributed by atoms with E-state index in [2.05, 4.69) is 17.3 Å². The summed E-state index contributed by atoms with van der Waals surface area (Å²) in [5.41, 5.74) is 1.18. The second-order valence-electron chi connectivity index (χ2n) is 5.82. The van der Waals surface area contributed by atoms with Gasteiger partial charge in [-0.05, 0) is 62.5 Å². The van der Waals surface area contributed by atoms with Crippen LogP contribution in [-0.4, -0.2) is 31.1 Å². The predicted molar refractivity (Wildman–Crippen MR) is 81.0 cm³/mol. The fourth-order valence-corrected chi connectivity index (χ4v) is 3.49. The van der Waals surface area contributed by atoms with E-state index in [1.54, 1.807) is 0 Å². The average Bonchev–Trinajstić information content (AvgIpc) is 3.14. The first kappa shape index (κ1) is 13.7. The molecule has 1 aromatic rings. The van der Waals surface area contributed by atoms with E-state index in [1.165, 1.54) is 24.8 Å². The highest BCUT2D eigenvalue weighted by Crippen LogP contribution is 2.40. The zero-order chi connectivity index (χ0) is 13.4. The Morgan fingerprint density at radius 3 is 2.79 bits per heavy atom. The lowest BCUT2D eigenvalue weighted by Gasteiger charge is -2.27. The summed E-state index contributed by atoms with van der Waals surface area (Å²) >= 11 is 12.5. The fraction of sp³-hybridized carbons (Fsp3) is 0.600. The standard InChI is InChI=1S/C15H20Cl2N2/c1-19-7-6-10(9-18-12-3-4-12)15(19)13-8-11(16)2-5-14(13)17/h2,5,8,10,12,15,18H,3-4,6-7,9H2,1H3. The Labute approximate surface area is 125 Å². The number of nitrogens with zero attached hydrogens (tertiary/aromatic N) is 1. The zero-order valence-corrected chi connectivity index (χ0v) is 12.7. The Bertz CT molecular complexity index is 459. The summed E-state index contributed by atoms with van der Waals surface area (Å²) in [6.07, 6.45) is 3.90. The molecule has 1 aliphatic heterocycles. The third-order valence-corrected chi connectivity index (χ3v) is 4.88. The summed E-state index contributed by atoms with van der Waals surface area (Å²) in [7, 11) is 2.18. The molecular formula is C15H20Cl2N2. The molecule has 104 valence electrons. The molecule has 2 nitrogen and oxygen atoms in total. The quantitative estimate of drug-likeness (QED) is 0.911. The first-order valence-corrected chi connectivity index (χ1v) is 7.79. The van der Waals surface area contributed by atoms with Gasteiger partial charge in [0.2, 0.25) is 0 Å². The maximum atomic E-state index is 6.38. The van der Waals surface area contributed by atoms with E-state index in [1.807, 2.05) is 18.2 Å². The SMILES string of the molecule is CN1CCC(CNC2CC2)C1c1cc(Cl)ccc1Cl. The van der Waals surface area contributed by atoms with Gasteiger partial charge in [-0.2, -0.15) is 0 Å². The van der Waals surface area contributed by atoms with Crippen LogP contribution in [0.5, 0.6) is 0 Å². The molecule has 0 radical (unpaired) electrons. The van der Waals surface area contributed by atoms with Gasteiger partial charge >= 0.3 is 0 Å². The molecule has 2 atom stereocenters. The van der Waals surface area contributed by atoms with Crippen molar-refractivity contribution in [3.05, 3.63) is 33.8 Å². The van der Waals surface area contributed by atoms with E-state index < -0.39 is 0 Å². The van der Waals surface area contributed by atoms with Crippen molar-refractivity contribution in [3.63, 3.8) is 0 Å². The van der Waals surface area contributed by atoms with E-state index in [9.17, 15) is 0 Å². The van der Waals surface area contributed by atoms with Crippen molar-refractivity contribution < 1.29 is 0 Å². The summed E-state index contributed by atoms with van der Waals surface area (Å²) in [5.74, 6) is 0.626. The van der Waals surface area contributed by atoms with Gasteiger partial charge in [0.05, 0.1) is 0 Å². The molecule has 3 rings (SSSR count). The third kappa shape index (κ3) is 3.08. The van der Waals surface area contributed by atoms with E-state index in [0.29, 0.717) is 12.0 Å². The normalized spacial score (nSPS) is 27.9. The largest absolute Gasteiger partial charge is 0.314 e. The molecule has 1 saturated heterocycles. The molecule has 4 heteroatoms. The Morgan fingerprint density at radius 1 is 1.26 bits per heavy atom. The molecule has 1 N–H and O–H groups in total. The van der Waals surface area contributed by atoms with Crippen LogP contribution >= 0.6 is 23.2 Å². The number of hydrogen-bond acceptors (Lipinski definition) is 2. The summed E-state index contributed by atoms with van der Waals surface area (Å²) in [6, 6.07) is 6.95. The molecule has 2 aliphatic rings. The van der Waals surface area contributed by atoms with Gasteiger partial charge in [-0.15, -0.1) is 0 Å². The van der Waals surface area contributed by atoms with Crippen LogP contribution in [0, 0.1) is 5.92 Å². The molecular weight excluding hydrogens is 279 g/mol. The summed E-state index contributed by atoms with van der Waals surface area (Å²) < 4.78 is 0. The maximum absolute atomic E-state index is 6.38. The van der Waals surface area contributed by atoms with Crippen molar-refractivity contribution >= 4 is 23.2 Å². The Hall–Kier alpha value is -0.280. The lowest BCUT2D eigenvalue weighted by Crippen LogP contribution is -2.29. The highest BCUT2D eigenvalue weighted by atomic mass is 35.5.